The highest BCUT2D eigenvalue weighted by molar-refractivity contribution is 6.01. The third-order valence-electron chi connectivity index (χ3n) is 7.36. The van der Waals surface area contributed by atoms with E-state index in [-0.39, 0.29) is 37.5 Å². The van der Waals surface area contributed by atoms with Crippen molar-refractivity contribution in [3.8, 4) is 0 Å². The van der Waals surface area contributed by atoms with Gasteiger partial charge in [-0.3, -0.25) is 25.2 Å². The summed E-state index contributed by atoms with van der Waals surface area (Å²) >= 11 is 0. The van der Waals surface area contributed by atoms with Gasteiger partial charge in [-0.2, -0.15) is 0 Å². The van der Waals surface area contributed by atoms with Gasteiger partial charge in [-0.1, -0.05) is 60.7 Å². The quantitative estimate of drug-likeness (QED) is 0.122. The van der Waals surface area contributed by atoms with E-state index in [1.807, 2.05) is 36.4 Å². The Bertz CT molecular complexity index is 1360. The van der Waals surface area contributed by atoms with Gasteiger partial charge in [0, 0.05) is 32.7 Å². The Labute approximate surface area is 273 Å². The molecule has 2 saturated heterocycles. The normalized spacial score (nSPS) is 17.4. The van der Waals surface area contributed by atoms with Crippen molar-refractivity contribution in [2.45, 2.75) is 58.5 Å². The highest BCUT2D eigenvalue weighted by Gasteiger charge is 2.45. The number of alkyl carbamates (subject to hydrolysis) is 2. The number of ether oxygens (including phenoxy) is 3. The number of carbonyl (C=O) groups excluding carboxylic acids is 5. The first-order chi connectivity index (χ1) is 22.5. The molecule has 0 aromatic heterocycles. The number of carbonyl (C=O) groups is 5. The summed E-state index contributed by atoms with van der Waals surface area (Å²) in [6.45, 7) is 6.90. The number of β-lactam (4-membered cyclic amide) rings is 1. The maximum Gasteiger partial charge on any atom is 0.414 e. The van der Waals surface area contributed by atoms with Crippen molar-refractivity contribution in [2.24, 2.45) is 10.9 Å². The summed E-state index contributed by atoms with van der Waals surface area (Å²) in [7, 11) is 0. The first-order valence-electron chi connectivity index (χ1n) is 15.6. The van der Waals surface area contributed by atoms with Gasteiger partial charge in [0.25, 0.3) is 0 Å². The van der Waals surface area contributed by atoms with Gasteiger partial charge in [0.2, 0.25) is 17.8 Å². The molecule has 2 aromatic rings. The predicted molar refractivity (Wildman–Crippen MR) is 171 cm³/mol. The summed E-state index contributed by atoms with van der Waals surface area (Å²) in [5.41, 5.74) is 0.954. The van der Waals surface area contributed by atoms with Gasteiger partial charge < -0.3 is 29.3 Å². The predicted octanol–water partition coefficient (Wildman–Crippen LogP) is 3.17. The molecule has 2 fully saturated rings. The molecule has 0 spiro atoms. The van der Waals surface area contributed by atoms with Crippen LogP contribution in [0.4, 0.5) is 14.4 Å². The van der Waals surface area contributed by atoms with Crippen LogP contribution in [0.25, 0.3) is 0 Å². The standard InChI is InChI=1S/C33H42N6O8/c1-33(2,3)47-32(44)39-19-17-38(18-20-39)28(41)26-25(27(40)35-26)15-10-16-34-29(36-30(42)45-21-23-11-6-4-7-12-23)37-31(43)46-22-24-13-8-5-9-14-24/h4-9,11-14,25-26H,10,15-22H2,1-3H3,(H,35,40)(H2,34,36,37,42,43). The Morgan fingerprint density at radius 2 is 1.34 bits per heavy atom. The molecule has 2 aliphatic rings. The number of benzene rings is 2. The summed E-state index contributed by atoms with van der Waals surface area (Å²) in [5, 5.41) is 7.56. The number of hydrogen-bond acceptors (Lipinski definition) is 9. The van der Waals surface area contributed by atoms with Crippen LogP contribution < -0.4 is 16.0 Å². The van der Waals surface area contributed by atoms with Gasteiger partial charge in [0.05, 0.1) is 5.92 Å². The number of aliphatic imine (C=N–C) groups is 1. The summed E-state index contributed by atoms with van der Waals surface area (Å²) < 4.78 is 15.9. The minimum absolute atomic E-state index is 0.0146. The molecule has 5 amide bonds. The van der Waals surface area contributed by atoms with E-state index >= 15 is 0 Å². The molecule has 2 atom stereocenters. The van der Waals surface area contributed by atoms with Gasteiger partial charge in [0.15, 0.2) is 0 Å². The zero-order chi connectivity index (χ0) is 33.8. The largest absolute Gasteiger partial charge is 0.444 e. The molecule has 2 heterocycles. The minimum Gasteiger partial charge on any atom is -0.444 e. The van der Waals surface area contributed by atoms with Crippen molar-refractivity contribution in [1.29, 1.82) is 0 Å². The zero-order valence-electron chi connectivity index (χ0n) is 26.9. The van der Waals surface area contributed by atoms with Crippen LogP contribution >= 0.6 is 0 Å². The van der Waals surface area contributed by atoms with Crippen LogP contribution in [0.1, 0.15) is 44.7 Å². The lowest BCUT2D eigenvalue weighted by molar-refractivity contribution is -0.150. The second-order valence-corrected chi connectivity index (χ2v) is 12.1. The fourth-order valence-corrected chi connectivity index (χ4v) is 4.90. The summed E-state index contributed by atoms with van der Waals surface area (Å²) in [6, 6.07) is 17.5. The van der Waals surface area contributed by atoms with E-state index < -0.39 is 35.8 Å². The molecule has 2 aromatic carbocycles. The van der Waals surface area contributed by atoms with E-state index in [0.29, 0.717) is 39.0 Å². The van der Waals surface area contributed by atoms with E-state index in [0.717, 1.165) is 11.1 Å². The molecule has 252 valence electrons. The second-order valence-electron chi connectivity index (χ2n) is 12.1. The molecular weight excluding hydrogens is 608 g/mol. The molecule has 0 saturated carbocycles. The Balaban J connectivity index is 1.27. The first kappa shape index (κ1) is 34.7. The highest BCUT2D eigenvalue weighted by Crippen LogP contribution is 2.23. The molecule has 4 rings (SSSR count). The average Bonchev–Trinajstić information content (AvgIpc) is 3.05. The second kappa shape index (κ2) is 16.4. The van der Waals surface area contributed by atoms with Crippen LogP contribution in [0, 0.1) is 5.92 Å². The number of nitrogens with zero attached hydrogens (tertiary/aromatic N) is 3. The van der Waals surface area contributed by atoms with Crippen molar-refractivity contribution < 1.29 is 38.2 Å². The fraction of sp³-hybridized carbons (Fsp3) is 0.455. The maximum atomic E-state index is 13.2. The van der Waals surface area contributed by atoms with Gasteiger partial charge in [-0.15, -0.1) is 0 Å². The van der Waals surface area contributed by atoms with Gasteiger partial charge >= 0.3 is 18.3 Å². The Morgan fingerprint density at radius 1 is 0.830 bits per heavy atom. The fourth-order valence-electron chi connectivity index (χ4n) is 4.90. The topological polar surface area (TPSA) is 168 Å². The van der Waals surface area contributed by atoms with Crippen molar-refractivity contribution in [2.75, 3.05) is 32.7 Å². The number of nitrogens with one attached hydrogen (secondary N) is 3. The minimum atomic E-state index is -0.827. The number of amides is 5. The highest BCUT2D eigenvalue weighted by atomic mass is 16.6. The van der Waals surface area contributed by atoms with E-state index in [1.54, 1.807) is 54.8 Å². The number of piperazine rings is 1. The third-order valence-corrected chi connectivity index (χ3v) is 7.36. The smallest absolute Gasteiger partial charge is 0.414 e. The first-order valence-corrected chi connectivity index (χ1v) is 15.6. The van der Waals surface area contributed by atoms with Gasteiger partial charge in [-0.25, -0.2) is 14.4 Å². The van der Waals surface area contributed by atoms with Crippen LogP contribution in [-0.4, -0.2) is 90.2 Å². The molecule has 2 aliphatic heterocycles. The Morgan fingerprint density at radius 3 is 1.83 bits per heavy atom. The van der Waals surface area contributed by atoms with Crippen LogP contribution in [0.3, 0.4) is 0 Å². The molecule has 3 N–H and O–H groups in total. The van der Waals surface area contributed by atoms with Gasteiger partial charge in [-0.05, 0) is 44.7 Å². The lowest BCUT2D eigenvalue weighted by atomic mass is 9.85. The monoisotopic (exact) mass is 650 g/mol. The van der Waals surface area contributed by atoms with Crippen LogP contribution in [0.2, 0.25) is 0 Å². The number of rotatable bonds is 9. The number of guanidine groups is 1. The summed E-state index contributed by atoms with van der Waals surface area (Å²) in [5.74, 6) is -1.15. The Kier molecular flexibility index (Phi) is 12.1. The van der Waals surface area contributed by atoms with Gasteiger partial charge in [0.1, 0.15) is 24.9 Å². The van der Waals surface area contributed by atoms with E-state index in [1.165, 1.54) is 0 Å². The molecule has 0 aliphatic carbocycles. The lowest BCUT2D eigenvalue weighted by Crippen LogP contribution is -2.66. The molecule has 0 radical (unpaired) electrons. The third kappa shape index (κ3) is 11.0. The molecule has 47 heavy (non-hydrogen) atoms. The van der Waals surface area contributed by atoms with Crippen LogP contribution in [0.5, 0.6) is 0 Å². The SMILES string of the molecule is CC(C)(C)OC(=O)N1CCN(C(=O)C2NC(=O)C2CCCN=C(NC(=O)OCc2ccccc2)NC(=O)OCc2ccccc2)CC1. The van der Waals surface area contributed by atoms with Crippen LogP contribution in [-0.2, 0) is 37.0 Å². The molecule has 14 heteroatoms. The van der Waals surface area contributed by atoms with Crippen molar-refractivity contribution in [3.63, 3.8) is 0 Å². The zero-order valence-corrected chi connectivity index (χ0v) is 26.9. The summed E-state index contributed by atoms with van der Waals surface area (Å²) in [6.07, 6.45) is -1.33. The van der Waals surface area contributed by atoms with E-state index in [2.05, 4.69) is 20.9 Å². The van der Waals surface area contributed by atoms with Crippen LogP contribution in [0.15, 0.2) is 65.7 Å². The maximum absolute atomic E-state index is 13.2. The molecule has 2 unspecified atom stereocenters. The van der Waals surface area contributed by atoms with E-state index in [4.69, 9.17) is 14.2 Å². The average molecular weight is 651 g/mol. The Hall–Kier alpha value is -5.14. The lowest BCUT2D eigenvalue weighted by Gasteiger charge is -2.41. The van der Waals surface area contributed by atoms with Crippen molar-refractivity contribution >= 4 is 36.1 Å². The van der Waals surface area contributed by atoms with Crippen molar-refractivity contribution in [1.82, 2.24) is 25.8 Å². The molecule has 0 bridgehead atoms. The summed E-state index contributed by atoms with van der Waals surface area (Å²) in [4.78, 5) is 70.4. The number of hydrogen-bond donors (Lipinski definition) is 3. The molecular formula is C33H42N6O8. The molecule has 14 nitrogen and oxygen atoms in total. The van der Waals surface area contributed by atoms with E-state index in [9.17, 15) is 24.0 Å². The van der Waals surface area contributed by atoms with Crippen molar-refractivity contribution in [3.05, 3.63) is 71.8 Å².